The van der Waals surface area contributed by atoms with Gasteiger partial charge in [0, 0.05) is 10.0 Å². The SMILES string of the molecule is O=C(N/N=C\c1cc(Br)cc(Br)c1O)[C@@H]1COc2ccccc2O1. The van der Waals surface area contributed by atoms with Crippen molar-refractivity contribution < 1.29 is 19.4 Å². The molecule has 0 bridgehead atoms. The fourth-order valence-corrected chi connectivity index (χ4v) is 3.33. The van der Waals surface area contributed by atoms with E-state index in [2.05, 4.69) is 42.4 Å². The number of hydrogen-bond donors (Lipinski definition) is 2. The van der Waals surface area contributed by atoms with Crippen LogP contribution in [0.15, 0.2) is 50.4 Å². The zero-order valence-electron chi connectivity index (χ0n) is 12.2. The monoisotopic (exact) mass is 454 g/mol. The van der Waals surface area contributed by atoms with Crippen molar-refractivity contribution in [1.82, 2.24) is 5.43 Å². The van der Waals surface area contributed by atoms with Gasteiger partial charge < -0.3 is 14.6 Å². The van der Waals surface area contributed by atoms with Crippen LogP contribution in [0.4, 0.5) is 0 Å². The van der Waals surface area contributed by atoms with Crippen LogP contribution >= 0.6 is 31.9 Å². The molecule has 0 fully saturated rings. The van der Waals surface area contributed by atoms with Crippen LogP contribution < -0.4 is 14.9 Å². The lowest BCUT2D eigenvalue weighted by molar-refractivity contribution is -0.130. The first-order valence-electron chi connectivity index (χ1n) is 6.94. The van der Waals surface area contributed by atoms with Gasteiger partial charge >= 0.3 is 0 Å². The number of phenolic OH excluding ortho intramolecular Hbond substituents is 1. The lowest BCUT2D eigenvalue weighted by Crippen LogP contribution is -2.42. The molecular weight excluding hydrogens is 444 g/mol. The van der Waals surface area contributed by atoms with Gasteiger partial charge in [0.15, 0.2) is 11.5 Å². The van der Waals surface area contributed by atoms with E-state index in [1.54, 1.807) is 30.3 Å². The fraction of sp³-hybridized carbons (Fsp3) is 0.125. The lowest BCUT2D eigenvalue weighted by Gasteiger charge is -2.24. The molecule has 0 saturated heterocycles. The van der Waals surface area contributed by atoms with Gasteiger partial charge in [-0.2, -0.15) is 5.10 Å². The largest absolute Gasteiger partial charge is 0.506 e. The second-order valence-corrected chi connectivity index (χ2v) is 6.69. The molecule has 1 aliphatic heterocycles. The second kappa shape index (κ2) is 7.23. The van der Waals surface area contributed by atoms with Gasteiger partial charge in [0.1, 0.15) is 12.4 Å². The van der Waals surface area contributed by atoms with E-state index in [4.69, 9.17) is 9.47 Å². The Kier molecular flexibility index (Phi) is 5.06. The van der Waals surface area contributed by atoms with Crippen LogP contribution in [0.2, 0.25) is 0 Å². The van der Waals surface area contributed by atoms with Gasteiger partial charge in [-0.05, 0) is 40.2 Å². The second-order valence-electron chi connectivity index (χ2n) is 4.92. The van der Waals surface area contributed by atoms with Gasteiger partial charge in [-0.25, -0.2) is 5.43 Å². The molecule has 8 heteroatoms. The highest BCUT2D eigenvalue weighted by Gasteiger charge is 2.27. The highest BCUT2D eigenvalue weighted by Crippen LogP contribution is 2.31. The molecule has 24 heavy (non-hydrogen) atoms. The van der Waals surface area contributed by atoms with E-state index in [0.29, 0.717) is 21.5 Å². The van der Waals surface area contributed by atoms with Crippen molar-refractivity contribution in [2.45, 2.75) is 6.10 Å². The molecule has 2 aromatic carbocycles. The number of halogens is 2. The molecular formula is C16H12Br2N2O4. The van der Waals surface area contributed by atoms with Crippen LogP contribution in [-0.4, -0.2) is 29.9 Å². The summed E-state index contributed by atoms with van der Waals surface area (Å²) in [6.45, 7) is 0.103. The van der Waals surface area contributed by atoms with Crippen molar-refractivity contribution in [2.24, 2.45) is 5.10 Å². The van der Waals surface area contributed by atoms with Crippen molar-refractivity contribution in [1.29, 1.82) is 0 Å². The summed E-state index contributed by atoms with van der Waals surface area (Å²) in [5.41, 5.74) is 2.83. The predicted octanol–water partition coefficient (Wildman–Crippen LogP) is 3.21. The number of ether oxygens (including phenoxy) is 2. The number of hydrogen-bond acceptors (Lipinski definition) is 5. The van der Waals surface area contributed by atoms with E-state index in [1.165, 1.54) is 6.21 Å². The van der Waals surface area contributed by atoms with Gasteiger partial charge in [0.25, 0.3) is 5.91 Å². The number of carbonyl (C=O) groups is 1. The third kappa shape index (κ3) is 3.70. The molecule has 0 saturated carbocycles. The van der Waals surface area contributed by atoms with Crippen LogP contribution in [0.3, 0.4) is 0 Å². The maximum atomic E-state index is 12.1. The number of rotatable bonds is 3. The Morgan fingerprint density at radius 3 is 2.83 bits per heavy atom. The predicted molar refractivity (Wildman–Crippen MR) is 95.6 cm³/mol. The maximum absolute atomic E-state index is 12.1. The topological polar surface area (TPSA) is 80.2 Å². The first kappa shape index (κ1) is 16.8. The minimum Gasteiger partial charge on any atom is -0.506 e. The summed E-state index contributed by atoms with van der Waals surface area (Å²) in [5, 5.41) is 13.8. The number of phenols is 1. The van der Waals surface area contributed by atoms with Crippen molar-refractivity contribution >= 4 is 44.0 Å². The minimum atomic E-state index is -0.792. The number of carbonyl (C=O) groups excluding carboxylic acids is 1. The smallest absolute Gasteiger partial charge is 0.284 e. The highest BCUT2D eigenvalue weighted by molar-refractivity contribution is 9.11. The number of aromatic hydroxyl groups is 1. The fourth-order valence-electron chi connectivity index (χ4n) is 2.07. The van der Waals surface area contributed by atoms with E-state index >= 15 is 0 Å². The lowest BCUT2D eigenvalue weighted by atomic mass is 10.2. The van der Waals surface area contributed by atoms with Gasteiger partial charge in [-0.15, -0.1) is 0 Å². The first-order chi connectivity index (χ1) is 11.5. The maximum Gasteiger partial charge on any atom is 0.284 e. The van der Waals surface area contributed by atoms with Crippen LogP contribution in [0.5, 0.6) is 17.2 Å². The van der Waals surface area contributed by atoms with E-state index < -0.39 is 12.0 Å². The van der Waals surface area contributed by atoms with Crippen LogP contribution in [-0.2, 0) is 4.79 Å². The number of hydrazone groups is 1. The summed E-state index contributed by atoms with van der Waals surface area (Å²) in [5.74, 6) is 0.715. The average Bonchev–Trinajstić information content (AvgIpc) is 2.58. The molecule has 1 amide bonds. The van der Waals surface area contributed by atoms with E-state index in [9.17, 15) is 9.90 Å². The highest BCUT2D eigenvalue weighted by atomic mass is 79.9. The molecule has 0 aliphatic carbocycles. The molecule has 0 spiro atoms. The van der Waals surface area contributed by atoms with Gasteiger partial charge in [0.2, 0.25) is 6.10 Å². The summed E-state index contributed by atoms with van der Waals surface area (Å²) >= 11 is 6.55. The standard InChI is InChI=1S/C16H12Br2N2O4/c17-10-5-9(15(21)11(18)6-10)7-19-20-16(22)14-8-23-12-3-1-2-4-13(12)24-14/h1-7,14,21H,8H2,(H,20,22)/b19-7-/t14-/m0/s1. The van der Waals surface area contributed by atoms with Gasteiger partial charge in [-0.1, -0.05) is 28.1 Å². The molecule has 2 aromatic rings. The number of para-hydroxylation sites is 2. The molecule has 0 aromatic heterocycles. The molecule has 0 radical (unpaired) electrons. The number of fused-ring (bicyclic) bond motifs is 1. The van der Waals surface area contributed by atoms with Crippen LogP contribution in [0, 0.1) is 0 Å². The zero-order chi connectivity index (χ0) is 17.1. The van der Waals surface area contributed by atoms with Gasteiger partial charge in [-0.3, -0.25) is 4.79 Å². The zero-order valence-corrected chi connectivity index (χ0v) is 15.4. The first-order valence-corrected chi connectivity index (χ1v) is 8.52. The molecule has 2 N–H and O–H groups in total. The number of nitrogens with one attached hydrogen (secondary N) is 1. The Balaban J connectivity index is 1.64. The van der Waals surface area contributed by atoms with E-state index in [0.717, 1.165) is 4.47 Å². The molecule has 3 rings (SSSR count). The third-order valence-electron chi connectivity index (χ3n) is 3.24. The van der Waals surface area contributed by atoms with Crippen LogP contribution in [0.25, 0.3) is 0 Å². The quantitative estimate of drug-likeness (QED) is 0.550. The third-order valence-corrected chi connectivity index (χ3v) is 4.30. The molecule has 124 valence electrons. The summed E-state index contributed by atoms with van der Waals surface area (Å²) in [4.78, 5) is 12.1. The summed E-state index contributed by atoms with van der Waals surface area (Å²) in [7, 11) is 0. The summed E-state index contributed by atoms with van der Waals surface area (Å²) < 4.78 is 12.3. The molecule has 0 unspecified atom stereocenters. The summed E-state index contributed by atoms with van der Waals surface area (Å²) in [6, 6.07) is 10.5. The van der Waals surface area contributed by atoms with Crippen molar-refractivity contribution in [2.75, 3.05) is 6.61 Å². The number of amides is 1. The van der Waals surface area contributed by atoms with E-state index in [1.807, 2.05) is 6.07 Å². The Hall–Kier alpha value is -2.06. The van der Waals surface area contributed by atoms with Crippen LogP contribution in [0.1, 0.15) is 5.56 Å². The van der Waals surface area contributed by atoms with Crippen molar-refractivity contribution in [3.05, 3.63) is 50.9 Å². The molecule has 6 nitrogen and oxygen atoms in total. The Morgan fingerprint density at radius 1 is 1.29 bits per heavy atom. The Labute approximate surface area is 154 Å². The number of benzene rings is 2. The molecule has 1 atom stereocenters. The normalized spacial score (nSPS) is 16.2. The van der Waals surface area contributed by atoms with Crippen molar-refractivity contribution in [3.63, 3.8) is 0 Å². The average molecular weight is 456 g/mol. The van der Waals surface area contributed by atoms with Gasteiger partial charge in [0.05, 0.1) is 10.7 Å². The Bertz CT molecular complexity index is 811. The molecule has 1 heterocycles. The van der Waals surface area contributed by atoms with Crippen molar-refractivity contribution in [3.8, 4) is 17.2 Å². The van der Waals surface area contributed by atoms with E-state index in [-0.39, 0.29) is 12.4 Å². The number of nitrogens with zero attached hydrogens (tertiary/aromatic N) is 1. The minimum absolute atomic E-state index is 0.0300. The summed E-state index contributed by atoms with van der Waals surface area (Å²) in [6.07, 6.45) is 0.556. The Morgan fingerprint density at radius 2 is 2.04 bits per heavy atom. The molecule has 1 aliphatic rings.